The summed E-state index contributed by atoms with van der Waals surface area (Å²) in [5.41, 5.74) is 0. The molecule has 0 spiro atoms. The van der Waals surface area contributed by atoms with Gasteiger partial charge in [0.15, 0.2) is 0 Å². The Balaban J connectivity index is 2.65. The summed E-state index contributed by atoms with van der Waals surface area (Å²) in [6.07, 6.45) is 13.7. The number of aliphatic hydroxyl groups excluding tert-OH is 1. The van der Waals surface area contributed by atoms with Crippen LogP contribution in [0.15, 0.2) is 11.3 Å². The summed E-state index contributed by atoms with van der Waals surface area (Å²) < 4.78 is 0. The van der Waals surface area contributed by atoms with Crippen molar-refractivity contribution in [2.45, 2.75) is 83.5 Å². The lowest BCUT2D eigenvalue weighted by molar-refractivity contribution is 0.201. The van der Waals surface area contributed by atoms with Crippen LogP contribution in [0.25, 0.3) is 0 Å². The Bertz CT molecular complexity index is 240. The van der Waals surface area contributed by atoms with E-state index in [9.17, 15) is 5.11 Å². The average Bonchev–Trinajstić information content (AvgIpc) is 2.21. The van der Waals surface area contributed by atoms with Crippen LogP contribution in [-0.2, 0) is 0 Å². The fourth-order valence-corrected chi connectivity index (χ4v) is 4.62. The molecule has 1 aliphatic rings. The van der Waals surface area contributed by atoms with E-state index in [0.717, 1.165) is 6.42 Å². The molecule has 0 saturated carbocycles. The average molecular weight is 254 g/mol. The molecule has 0 aromatic carbocycles. The Labute approximate surface area is 108 Å². The van der Waals surface area contributed by atoms with Gasteiger partial charge < -0.3 is 5.11 Å². The summed E-state index contributed by atoms with van der Waals surface area (Å²) >= 11 is 0. The summed E-state index contributed by atoms with van der Waals surface area (Å²) in [5, 5.41) is 11.8. The first-order valence-electron chi connectivity index (χ1n) is 7.40. The third-order valence-corrected chi connectivity index (χ3v) is 6.04. The summed E-state index contributed by atoms with van der Waals surface area (Å²) in [4.78, 5) is 0. The quantitative estimate of drug-likeness (QED) is 0.674. The van der Waals surface area contributed by atoms with Gasteiger partial charge in [-0.1, -0.05) is 69.4 Å². The monoisotopic (exact) mass is 254 g/mol. The Morgan fingerprint density at radius 2 is 1.47 bits per heavy atom. The molecule has 1 aliphatic carbocycles. The van der Waals surface area contributed by atoms with Crippen LogP contribution < -0.4 is 0 Å². The standard InChI is InChI=1S/C15H30OSi/c1-17(2,3)15-13-11-9-7-5-4-6-8-10-12-14(15)16/h13-14,16H,4-12H2,1-3H3/b15-13+. The zero-order valence-corrected chi connectivity index (χ0v) is 13.0. The SMILES string of the molecule is C[Si](C)(C)/C1=C/CCCCCCCCCC1O. The molecule has 100 valence electrons. The van der Waals surface area contributed by atoms with Crippen LogP contribution >= 0.6 is 0 Å². The Morgan fingerprint density at radius 1 is 0.941 bits per heavy atom. The highest BCUT2D eigenvalue weighted by Gasteiger charge is 2.25. The summed E-state index contributed by atoms with van der Waals surface area (Å²) in [5.74, 6) is 0. The molecule has 1 atom stereocenters. The predicted molar refractivity (Wildman–Crippen MR) is 79.0 cm³/mol. The van der Waals surface area contributed by atoms with Gasteiger partial charge in [0.2, 0.25) is 0 Å². The zero-order valence-electron chi connectivity index (χ0n) is 12.0. The summed E-state index contributed by atoms with van der Waals surface area (Å²) in [6.45, 7) is 7.07. The van der Waals surface area contributed by atoms with Crippen molar-refractivity contribution >= 4 is 8.07 Å². The molecule has 1 nitrogen and oxygen atoms in total. The Hall–Kier alpha value is -0.0831. The topological polar surface area (TPSA) is 20.2 Å². The molecule has 0 fully saturated rings. The van der Waals surface area contributed by atoms with Gasteiger partial charge in [0.1, 0.15) is 0 Å². The molecule has 0 amide bonds. The van der Waals surface area contributed by atoms with Gasteiger partial charge in [-0.3, -0.25) is 0 Å². The van der Waals surface area contributed by atoms with Gasteiger partial charge >= 0.3 is 0 Å². The molecular weight excluding hydrogens is 224 g/mol. The number of allylic oxidation sites excluding steroid dienone is 1. The molecule has 0 aromatic rings. The van der Waals surface area contributed by atoms with E-state index in [1.54, 1.807) is 0 Å². The van der Waals surface area contributed by atoms with Gasteiger partial charge in [-0.15, -0.1) is 0 Å². The highest BCUT2D eigenvalue weighted by atomic mass is 28.3. The molecule has 1 N–H and O–H groups in total. The van der Waals surface area contributed by atoms with Gasteiger partial charge in [-0.05, 0) is 19.3 Å². The molecule has 0 heterocycles. The van der Waals surface area contributed by atoms with Crippen molar-refractivity contribution in [2.24, 2.45) is 0 Å². The van der Waals surface area contributed by atoms with Crippen molar-refractivity contribution in [3.63, 3.8) is 0 Å². The van der Waals surface area contributed by atoms with E-state index < -0.39 is 8.07 Å². The molecule has 0 saturated heterocycles. The van der Waals surface area contributed by atoms with Crippen LogP contribution in [0.3, 0.4) is 0 Å². The van der Waals surface area contributed by atoms with Crippen LogP contribution in [0.4, 0.5) is 0 Å². The second kappa shape index (κ2) is 7.37. The van der Waals surface area contributed by atoms with Crippen molar-refractivity contribution in [1.82, 2.24) is 0 Å². The second-order valence-corrected chi connectivity index (χ2v) is 11.6. The van der Waals surface area contributed by atoms with Crippen molar-refractivity contribution in [2.75, 3.05) is 0 Å². The lowest BCUT2D eigenvalue weighted by atomic mass is 10.0. The molecule has 0 aliphatic heterocycles. The number of hydrogen-bond donors (Lipinski definition) is 1. The van der Waals surface area contributed by atoms with Crippen molar-refractivity contribution < 1.29 is 5.11 Å². The highest BCUT2D eigenvalue weighted by Crippen LogP contribution is 2.24. The highest BCUT2D eigenvalue weighted by molar-refractivity contribution is 6.83. The minimum absolute atomic E-state index is 0.152. The van der Waals surface area contributed by atoms with E-state index in [2.05, 4.69) is 25.7 Å². The normalized spacial score (nSPS) is 28.7. The molecule has 1 rings (SSSR count). The van der Waals surface area contributed by atoms with Crippen molar-refractivity contribution in [1.29, 1.82) is 0 Å². The van der Waals surface area contributed by atoms with Gasteiger partial charge in [0.25, 0.3) is 0 Å². The first-order chi connectivity index (χ1) is 8.02. The largest absolute Gasteiger partial charge is 0.389 e. The molecule has 1 unspecified atom stereocenters. The van der Waals surface area contributed by atoms with E-state index in [0.29, 0.717) is 0 Å². The minimum Gasteiger partial charge on any atom is -0.389 e. The van der Waals surface area contributed by atoms with Gasteiger partial charge in [0.05, 0.1) is 14.2 Å². The predicted octanol–water partition coefficient (Wildman–Crippen LogP) is 4.68. The third-order valence-electron chi connectivity index (χ3n) is 3.77. The van der Waals surface area contributed by atoms with E-state index in [1.807, 2.05) is 0 Å². The third kappa shape index (κ3) is 5.87. The van der Waals surface area contributed by atoms with Gasteiger partial charge in [0, 0.05) is 0 Å². The van der Waals surface area contributed by atoms with Crippen LogP contribution in [0.5, 0.6) is 0 Å². The summed E-state index contributed by atoms with van der Waals surface area (Å²) in [6, 6.07) is 0. The number of hydrogen-bond acceptors (Lipinski definition) is 1. The molecule has 17 heavy (non-hydrogen) atoms. The van der Waals surface area contributed by atoms with Crippen molar-refractivity contribution in [3.8, 4) is 0 Å². The van der Waals surface area contributed by atoms with E-state index in [1.165, 1.54) is 56.6 Å². The van der Waals surface area contributed by atoms with Gasteiger partial charge in [-0.25, -0.2) is 0 Å². The molecular formula is C15H30OSi. The fraction of sp³-hybridized carbons (Fsp3) is 0.867. The molecule has 0 aromatic heterocycles. The maximum atomic E-state index is 10.4. The van der Waals surface area contributed by atoms with E-state index in [4.69, 9.17) is 0 Å². The number of aliphatic hydroxyl groups is 1. The smallest absolute Gasteiger partial charge is 0.0753 e. The van der Waals surface area contributed by atoms with Crippen LogP contribution in [0, 0.1) is 0 Å². The lowest BCUT2D eigenvalue weighted by Gasteiger charge is -2.26. The molecule has 0 radical (unpaired) electrons. The molecule has 2 heteroatoms. The number of rotatable bonds is 1. The van der Waals surface area contributed by atoms with E-state index >= 15 is 0 Å². The van der Waals surface area contributed by atoms with Crippen LogP contribution in [-0.4, -0.2) is 19.3 Å². The maximum absolute atomic E-state index is 10.4. The zero-order chi connectivity index (χ0) is 12.7. The van der Waals surface area contributed by atoms with Crippen LogP contribution in [0.1, 0.15) is 57.8 Å². The minimum atomic E-state index is -1.33. The van der Waals surface area contributed by atoms with Crippen molar-refractivity contribution in [3.05, 3.63) is 11.3 Å². The van der Waals surface area contributed by atoms with Crippen LogP contribution in [0.2, 0.25) is 19.6 Å². The maximum Gasteiger partial charge on any atom is 0.0753 e. The lowest BCUT2D eigenvalue weighted by Crippen LogP contribution is -2.32. The Kier molecular flexibility index (Phi) is 6.50. The van der Waals surface area contributed by atoms with E-state index in [-0.39, 0.29) is 6.10 Å². The summed E-state index contributed by atoms with van der Waals surface area (Å²) in [7, 11) is -1.33. The first kappa shape index (κ1) is 15.0. The van der Waals surface area contributed by atoms with Gasteiger partial charge in [-0.2, -0.15) is 0 Å². The molecule has 0 bridgehead atoms. The Morgan fingerprint density at radius 3 is 2.06 bits per heavy atom. The first-order valence-corrected chi connectivity index (χ1v) is 10.9. The fourth-order valence-electron chi connectivity index (χ4n) is 2.72. The second-order valence-electron chi connectivity index (χ2n) is 6.48.